The molecule has 0 amide bonds. The zero-order valence-corrected chi connectivity index (χ0v) is 14.6. The van der Waals surface area contributed by atoms with Crippen molar-refractivity contribution in [3.63, 3.8) is 0 Å². The highest BCUT2D eigenvalue weighted by Gasteiger charge is 2.15. The average molecular weight is 360 g/mol. The molecule has 0 saturated carbocycles. The topological polar surface area (TPSA) is 83.1 Å². The Morgan fingerprint density at radius 3 is 2.59 bits per heavy atom. The molecule has 0 spiro atoms. The smallest absolute Gasteiger partial charge is 0.287 e. The molecule has 0 bridgehead atoms. The third-order valence-corrected chi connectivity index (χ3v) is 4.20. The second-order valence-electron chi connectivity index (χ2n) is 5.87. The number of benzene rings is 1. The van der Waals surface area contributed by atoms with Gasteiger partial charge in [0, 0.05) is 17.6 Å². The van der Waals surface area contributed by atoms with Crippen LogP contribution in [-0.2, 0) is 0 Å². The summed E-state index contributed by atoms with van der Waals surface area (Å²) in [6.45, 7) is 2.55. The van der Waals surface area contributed by atoms with Crippen LogP contribution in [0, 0.1) is 10.1 Å². The summed E-state index contributed by atoms with van der Waals surface area (Å²) in [5, 5.41) is 11.9. The first-order valence-electron chi connectivity index (χ1n) is 8.48. The van der Waals surface area contributed by atoms with E-state index in [0.29, 0.717) is 12.4 Å². The van der Waals surface area contributed by atoms with Crippen LogP contribution >= 0.6 is 0 Å². The van der Waals surface area contributed by atoms with Crippen LogP contribution in [0.5, 0.6) is 5.75 Å². The van der Waals surface area contributed by atoms with Crippen molar-refractivity contribution >= 4 is 16.7 Å². The Morgan fingerprint density at radius 1 is 1.11 bits per heavy atom. The lowest BCUT2D eigenvalue weighted by Crippen LogP contribution is -2.01. The van der Waals surface area contributed by atoms with Crippen LogP contribution < -0.4 is 4.74 Å². The average Bonchev–Trinajstić information content (AvgIpc) is 3.08. The quantitative estimate of drug-likeness (QED) is 0.389. The predicted molar refractivity (Wildman–Crippen MR) is 102 cm³/mol. The van der Waals surface area contributed by atoms with Crippen LogP contribution in [0.4, 0.5) is 5.69 Å². The molecule has 3 heterocycles. The van der Waals surface area contributed by atoms with Crippen molar-refractivity contribution < 1.29 is 9.66 Å². The zero-order valence-electron chi connectivity index (χ0n) is 14.6. The second-order valence-corrected chi connectivity index (χ2v) is 5.87. The first-order chi connectivity index (χ1) is 13.2. The minimum absolute atomic E-state index is 0.0502. The highest BCUT2D eigenvalue weighted by molar-refractivity contribution is 5.86. The summed E-state index contributed by atoms with van der Waals surface area (Å²) in [6.07, 6.45) is 2.97. The summed E-state index contributed by atoms with van der Waals surface area (Å²) in [4.78, 5) is 19.2. The van der Waals surface area contributed by atoms with Crippen LogP contribution in [0.3, 0.4) is 0 Å². The molecule has 0 aliphatic heterocycles. The Hall–Kier alpha value is -3.74. The molecule has 4 rings (SSSR count). The Morgan fingerprint density at radius 2 is 1.93 bits per heavy atom. The molecular weight excluding hydrogens is 344 g/mol. The van der Waals surface area contributed by atoms with Gasteiger partial charge in [0.1, 0.15) is 23.4 Å². The first kappa shape index (κ1) is 16.7. The lowest BCUT2D eigenvalue weighted by atomic mass is 10.1. The lowest BCUT2D eigenvalue weighted by Gasteiger charge is -2.10. The fraction of sp³-hybridized carbons (Fsp3) is 0.100. The van der Waals surface area contributed by atoms with Crippen molar-refractivity contribution in [2.24, 2.45) is 0 Å². The van der Waals surface area contributed by atoms with E-state index in [-0.39, 0.29) is 5.69 Å². The predicted octanol–water partition coefficient (Wildman–Crippen LogP) is 4.39. The number of fused-ring (bicyclic) bond motifs is 1. The molecule has 3 aromatic heterocycles. The van der Waals surface area contributed by atoms with E-state index in [1.165, 1.54) is 12.3 Å². The normalized spacial score (nSPS) is 10.9. The summed E-state index contributed by atoms with van der Waals surface area (Å²) in [5.41, 5.74) is 2.55. The van der Waals surface area contributed by atoms with Gasteiger partial charge in [-0.05, 0) is 61.0 Å². The SMILES string of the molecule is CCOc1ccc(-c2cc3cccnc3n2-c2ccc([N+](=O)[O-])cn2)cc1. The van der Waals surface area contributed by atoms with E-state index in [4.69, 9.17) is 4.74 Å². The number of nitrogens with zero attached hydrogens (tertiary/aromatic N) is 4. The monoisotopic (exact) mass is 360 g/mol. The number of nitro groups is 1. The van der Waals surface area contributed by atoms with E-state index in [0.717, 1.165) is 28.0 Å². The molecule has 0 N–H and O–H groups in total. The third kappa shape index (κ3) is 3.10. The molecule has 0 aliphatic carbocycles. The molecule has 7 heteroatoms. The largest absolute Gasteiger partial charge is 0.494 e. The van der Waals surface area contributed by atoms with Gasteiger partial charge in [-0.25, -0.2) is 9.97 Å². The van der Waals surface area contributed by atoms with E-state index < -0.39 is 4.92 Å². The fourth-order valence-electron chi connectivity index (χ4n) is 2.99. The van der Waals surface area contributed by atoms with Crippen molar-refractivity contribution in [2.45, 2.75) is 6.92 Å². The van der Waals surface area contributed by atoms with Gasteiger partial charge in [0.25, 0.3) is 5.69 Å². The molecule has 27 heavy (non-hydrogen) atoms. The number of rotatable bonds is 5. The van der Waals surface area contributed by atoms with Crippen molar-refractivity contribution in [2.75, 3.05) is 6.61 Å². The molecular formula is C20H16N4O3. The molecule has 134 valence electrons. The molecule has 7 nitrogen and oxygen atoms in total. The van der Waals surface area contributed by atoms with Gasteiger partial charge in [0.2, 0.25) is 0 Å². The van der Waals surface area contributed by atoms with Crippen LogP contribution in [0.2, 0.25) is 0 Å². The van der Waals surface area contributed by atoms with Gasteiger partial charge in [-0.2, -0.15) is 0 Å². The van der Waals surface area contributed by atoms with E-state index in [2.05, 4.69) is 9.97 Å². The number of hydrogen-bond donors (Lipinski definition) is 0. The van der Waals surface area contributed by atoms with Gasteiger partial charge in [0.15, 0.2) is 0 Å². The minimum atomic E-state index is -0.462. The van der Waals surface area contributed by atoms with E-state index in [9.17, 15) is 10.1 Å². The number of ether oxygens (including phenoxy) is 1. The van der Waals surface area contributed by atoms with Gasteiger partial charge in [0.05, 0.1) is 17.2 Å². The van der Waals surface area contributed by atoms with Gasteiger partial charge < -0.3 is 4.74 Å². The Bertz CT molecular complexity index is 1100. The van der Waals surface area contributed by atoms with Gasteiger partial charge in [-0.1, -0.05) is 0 Å². The summed E-state index contributed by atoms with van der Waals surface area (Å²) in [5.74, 6) is 1.37. The summed E-state index contributed by atoms with van der Waals surface area (Å²) >= 11 is 0. The first-order valence-corrected chi connectivity index (χ1v) is 8.48. The van der Waals surface area contributed by atoms with E-state index in [1.807, 2.05) is 54.0 Å². The van der Waals surface area contributed by atoms with Gasteiger partial charge in [-0.3, -0.25) is 14.7 Å². The summed E-state index contributed by atoms with van der Waals surface area (Å²) in [6, 6.07) is 16.7. The maximum Gasteiger partial charge on any atom is 0.287 e. The van der Waals surface area contributed by atoms with E-state index >= 15 is 0 Å². The maximum atomic E-state index is 10.9. The van der Waals surface area contributed by atoms with E-state index in [1.54, 1.807) is 12.3 Å². The molecule has 1 aromatic carbocycles. The van der Waals surface area contributed by atoms with Crippen LogP contribution in [-0.4, -0.2) is 26.1 Å². The van der Waals surface area contributed by atoms with Gasteiger partial charge >= 0.3 is 0 Å². The highest BCUT2D eigenvalue weighted by Crippen LogP contribution is 2.31. The fourth-order valence-corrected chi connectivity index (χ4v) is 2.99. The highest BCUT2D eigenvalue weighted by atomic mass is 16.6. The molecule has 0 radical (unpaired) electrons. The third-order valence-electron chi connectivity index (χ3n) is 4.20. The number of pyridine rings is 2. The van der Waals surface area contributed by atoms with Crippen LogP contribution in [0.1, 0.15) is 6.92 Å². The minimum Gasteiger partial charge on any atom is -0.494 e. The Labute approximate surface area is 155 Å². The van der Waals surface area contributed by atoms with Crippen LogP contribution in [0.25, 0.3) is 28.1 Å². The van der Waals surface area contributed by atoms with Crippen molar-refractivity contribution in [3.8, 4) is 22.8 Å². The molecule has 0 saturated heterocycles. The summed E-state index contributed by atoms with van der Waals surface area (Å²) < 4.78 is 7.41. The number of aromatic nitrogens is 3. The molecule has 0 fully saturated rings. The van der Waals surface area contributed by atoms with Crippen molar-refractivity contribution in [1.29, 1.82) is 0 Å². The number of hydrogen-bond acceptors (Lipinski definition) is 5. The Kier molecular flexibility index (Phi) is 4.25. The van der Waals surface area contributed by atoms with Crippen molar-refractivity contribution in [1.82, 2.24) is 14.5 Å². The molecule has 0 unspecified atom stereocenters. The second kappa shape index (κ2) is 6.87. The molecule has 0 aliphatic rings. The van der Waals surface area contributed by atoms with Crippen molar-refractivity contribution in [3.05, 3.63) is 77.1 Å². The Balaban J connectivity index is 1.88. The lowest BCUT2D eigenvalue weighted by molar-refractivity contribution is -0.385. The zero-order chi connectivity index (χ0) is 18.8. The van der Waals surface area contributed by atoms with Crippen LogP contribution in [0.15, 0.2) is 67.0 Å². The molecule has 4 aromatic rings. The summed E-state index contributed by atoms with van der Waals surface area (Å²) in [7, 11) is 0. The standard InChI is InChI=1S/C20H16N4O3/c1-2-27-17-8-5-14(6-9-17)18-12-15-4-3-11-21-20(15)23(18)19-10-7-16(13-22-19)24(25)26/h3-13H,2H2,1H3. The van der Waals surface area contributed by atoms with Gasteiger partial charge in [-0.15, -0.1) is 0 Å². The maximum absolute atomic E-state index is 10.9. The molecule has 0 atom stereocenters.